The summed E-state index contributed by atoms with van der Waals surface area (Å²) < 4.78 is 6.58. The standard InChI is InChI=1S/C35H33ClN10O7/c1-35(17-53-18-35)16-37-34(52)40-23-5-2-20(3-6-23)12-29(30(47)39-24-7-8-25-21(13-24)14-26(41-25)33(50)51)45-11-10-44(31(48)32(45)49)28-15-22(36)4-9-27(28)46-19-38-42-43-46/h2-9,13-15,19,29,41H,10-12,16-18H2,1H3,(H,39,47)(H,50,51)(H2,37,40,52). The first-order valence-electron chi connectivity index (χ1n) is 16.5. The molecular weight excluding hydrogens is 708 g/mol. The van der Waals surface area contributed by atoms with E-state index in [1.165, 1.54) is 32.9 Å². The Hall–Kier alpha value is -6.33. The van der Waals surface area contributed by atoms with Gasteiger partial charge in [0.2, 0.25) is 5.91 Å². The minimum Gasteiger partial charge on any atom is -0.477 e. The van der Waals surface area contributed by atoms with Crippen LogP contribution in [0, 0.1) is 5.41 Å². The molecule has 0 aliphatic carbocycles. The lowest BCUT2D eigenvalue weighted by atomic mass is 9.89. The van der Waals surface area contributed by atoms with Crippen LogP contribution in [0.1, 0.15) is 23.0 Å². The van der Waals surface area contributed by atoms with Gasteiger partial charge in [0, 0.05) is 58.8 Å². The number of ether oxygens (including phenoxy) is 1. The Morgan fingerprint density at radius 3 is 2.43 bits per heavy atom. The number of piperazine rings is 1. The molecule has 3 aromatic carbocycles. The molecular formula is C35H33ClN10O7. The van der Waals surface area contributed by atoms with Crippen LogP contribution in [-0.4, -0.2) is 104 Å². The predicted octanol–water partition coefficient (Wildman–Crippen LogP) is 3.08. The molecule has 7 rings (SSSR count). The van der Waals surface area contributed by atoms with E-state index in [4.69, 9.17) is 16.3 Å². The fraction of sp³-hybridized carbons (Fsp3) is 0.257. The second kappa shape index (κ2) is 14.4. The number of carbonyl (C=O) groups excluding carboxylic acids is 4. The quantitative estimate of drug-likeness (QED) is 0.125. The monoisotopic (exact) mass is 740 g/mol. The Morgan fingerprint density at radius 2 is 1.74 bits per heavy atom. The number of H-pyrrole nitrogens is 1. The lowest BCUT2D eigenvalue weighted by Gasteiger charge is -2.38. The van der Waals surface area contributed by atoms with E-state index >= 15 is 0 Å². The first-order chi connectivity index (χ1) is 25.5. The molecule has 0 bridgehead atoms. The van der Waals surface area contributed by atoms with Crippen LogP contribution in [0.15, 0.2) is 73.1 Å². The van der Waals surface area contributed by atoms with Crippen LogP contribution >= 0.6 is 11.6 Å². The van der Waals surface area contributed by atoms with E-state index in [1.807, 2.05) is 6.92 Å². The third-order valence-electron chi connectivity index (χ3n) is 9.09. The number of nitrogens with zero attached hydrogens (tertiary/aromatic N) is 6. The summed E-state index contributed by atoms with van der Waals surface area (Å²) in [5.74, 6) is -3.49. The van der Waals surface area contributed by atoms with Gasteiger partial charge >= 0.3 is 23.8 Å². The zero-order valence-corrected chi connectivity index (χ0v) is 29.0. The van der Waals surface area contributed by atoms with Crippen molar-refractivity contribution in [2.24, 2.45) is 5.41 Å². The Bertz CT molecular complexity index is 2220. The number of carboxylic acid groups (broad SMARTS) is 1. The molecule has 2 aromatic heterocycles. The lowest BCUT2D eigenvalue weighted by molar-refractivity contribution is -0.149. The van der Waals surface area contributed by atoms with Crippen molar-refractivity contribution in [2.75, 3.05) is 48.4 Å². The number of nitrogens with one attached hydrogen (secondary N) is 4. The fourth-order valence-electron chi connectivity index (χ4n) is 6.22. The third-order valence-corrected chi connectivity index (χ3v) is 9.33. The molecule has 5 aromatic rings. The molecule has 0 spiro atoms. The number of fused-ring (bicyclic) bond motifs is 1. The minimum absolute atomic E-state index is 0.00714. The van der Waals surface area contributed by atoms with Gasteiger partial charge < -0.3 is 40.6 Å². The van der Waals surface area contributed by atoms with Crippen LogP contribution in [0.4, 0.5) is 21.9 Å². The first kappa shape index (κ1) is 35.1. The van der Waals surface area contributed by atoms with E-state index < -0.39 is 29.7 Å². The van der Waals surface area contributed by atoms with E-state index in [0.717, 1.165) is 0 Å². The number of benzene rings is 3. The average molecular weight is 741 g/mol. The largest absolute Gasteiger partial charge is 0.477 e. The van der Waals surface area contributed by atoms with Crippen molar-refractivity contribution >= 4 is 69.3 Å². The normalized spacial score (nSPS) is 15.9. The molecule has 17 nitrogen and oxygen atoms in total. The number of hydrogen-bond donors (Lipinski definition) is 5. The molecule has 2 fully saturated rings. The number of urea groups is 1. The Kier molecular flexibility index (Phi) is 9.51. The van der Waals surface area contributed by atoms with Crippen molar-refractivity contribution in [3.63, 3.8) is 0 Å². The van der Waals surface area contributed by atoms with Crippen LogP contribution in [-0.2, 0) is 25.5 Å². The maximum absolute atomic E-state index is 14.1. The number of halogens is 1. The Morgan fingerprint density at radius 1 is 0.962 bits per heavy atom. The molecule has 1 atom stereocenters. The zero-order valence-electron chi connectivity index (χ0n) is 28.2. The number of aromatic amines is 1. The highest BCUT2D eigenvalue weighted by Gasteiger charge is 2.41. The summed E-state index contributed by atoms with van der Waals surface area (Å²) in [6.07, 6.45) is 1.37. The Balaban J connectivity index is 1.12. The SMILES string of the molecule is CC1(CNC(=O)Nc2ccc(CC(C(=O)Nc3ccc4[nH]c(C(=O)O)cc4c3)N3CCN(c4cc(Cl)ccc4-n4cnnn4)C(=O)C3=O)cc2)COC1. The Labute approximate surface area is 306 Å². The maximum Gasteiger partial charge on any atom is 0.352 e. The number of anilines is 3. The summed E-state index contributed by atoms with van der Waals surface area (Å²) in [6.45, 7) is 3.66. The molecule has 2 saturated heterocycles. The van der Waals surface area contributed by atoms with Gasteiger partial charge in [0.1, 0.15) is 18.1 Å². The number of rotatable bonds is 11. The van der Waals surface area contributed by atoms with E-state index in [2.05, 4.69) is 36.5 Å². The molecule has 4 heterocycles. The number of carboxylic acids is 1. The summed E-state index contributed by atoms with van der Waals surface area (Å²) in [4.78, 5) is 71.1. The van der Waals surface area contributed by atoms with Gasteiger partial charge in [-0.1, -0.05) is 30.7 Å². The van der Waals surface area contributed by atoms with Crippen LogP contribution in [0.2, 0.25) is 5.02 Å². The van der Waals surface area contributed by atoms with Crippen LogP contribution in [0.3, 0.4) is 0 Å². The molecule has 53 heavy (non-hydrogen) atoms. The summed E-state index contributed by atoms with van der Waals surface area (Å²) >= 11 is 6.29. The zero-order chi connectivity index (χ0) is 37.3. The number of amides is 5. The molecule has 5 amide bonds. The fourth-order valence-corrected chi connectivity index (χ4v) is 6.39. The average Bonchev–Trinajstić information content (AvgIpc) is 3.82. The summed E-state index contributed by atoms with van der Waals surface area (Å²) in [7, 11) is 0. The summed E-state index contributed by atoms with van der Waals surface area (Å²) in [5.41, 5.74) is 2.71. The lowest BCUT2D eigenvalue weighted by Crippen LogP contribution is -2.60. The van der Waals surface area contributed by atoms with Crippen molar-refractivity contribution in [3.8, 4) is 5.69 Å². The first-order valence-corrected chi connectivity index (χ1v) is 16.9. The van der Waals surface area contributed by atoms with Crippen molar-refractivity contribution in [2.45, 2.75) is 19.4 Å². The van der Waals surface area contributed by atoms with Gasteiger partial charge in [-0.15, -0.1) is 5.10 Å². The summed E-state index contributed by atoms with van der Waals surface area (Å²) in [5, 5.41) is 30.0. The highest BCUT2D eigenvalue weighted by molar-refractivity contribution is 6.41. The number of aromatic nitrogens is 5. The highest BCUT2D eigenvalue weighted by Crippen LogP contribution is 2.30. The van der Waals surface area contributed by atoms with Crippen LogP contribution in [0.25, 0.3) is 16.6 Å². The molecule has 18 heteroatoms. The maximum atomic E-state index is 14.1. The van der Waals surface area contributed by atoms with Crippen molar-refractivity contribution in [1.82, 2.24) is 35.4 Å². The molecule has 5 N–H and O–H groups in total. The number of aromatic carboxylic acids is 1. The van der Waals surface area contributed by atoms with E-state index in [9.17, 15) is 29.1 Å². The van der Waals surface area contributed by atoms with Crippen molar-refractivity contribution in [1.29, 1.82) is 0 Å². The van der Waals surface area contributed by atoms with Crippen molar-refractivity contribution < 1.29 is 33.8 Å². The molecule has 272 valence electrons. The summed E-state index contributed by atoms with van der Waals surface area (Å²) in [6, 6.07) is 16.4. The highest BCUT2D eigenvalue weighted by atomic mass is 35.5. The van der Waals surface area contributed by atoms with Crippen LogP contribution < -0.4 is 20.9 Å². The van der Waals surface area contributed by atoms with E-state index in [0.29, 0.717) is 64.0 Å². The van der Waals surface area contributed by atoms with Gasteiger partial charge in [0.25, 0.3) is 0 Å². The number of carbonyl (C=O) groups is 5. The van der Waals surface area contributed by atoms with Gasteiger partial charge in [-0.2, -0.15) is 4.68 Å². The molecule has 0 saturated carbocycles. The number of tetrazole rings is 1. The van der Waals surface area contributed by atoms with Gasteiger partial charge in [-0.3, -0.25) is 14.4 Å². The van der Waals surface area contributed by atoms with Gasteiger partial charge in [-0.05, 0) is 70.6 Å². The number of hydrogen-bond acceptors (Lipinski definition) is 9. The van der Waals surface area contributed by atoms with Gasteiger partial charge in [0.05, 0.1) is 24.6 Å². The second-order valence-electron chi connectivity index (χ2n) is 13.2. The predicted molar refractivity (Wildman–Crippen MR) is 192 cm³/mol. The van der Waals surface area contributed by atoms with E-state index in [1.54, 1.807) is 54.6 Å². The molecule has 1 unspecified atom stereocenters. The molecule has 0 radical (unpaired) electrons. The molecule has 2 aliphatic rings. The van der Waals surface area contributed by atoms with Gasteiger partial charge in [0.15, 0.2) is 0 Å². The second-order valence-corrected chi connectivity index (χ2v) is 13.6. The van der Waals surface area contributed by atoms with Crippen LogP contribution in [0.5, 0.6) is 0 Å². The molecule has 2 aliphatic heterocycles. The topological polar surface area (TPSA) is 217 Å². The minimum atomic E-state index is -1.14. The smallest absolute Gasteiger partial charge is 0.352 e. The van der Waals surface area contributed by atoms with Gasteiger partial charge in [-0.25, -0.2) is 9.59 Å². The third kappa shape index (κ3) is 7.51. The van der Waals surface area contributed by atoms with Crippen molar-refractivity contribution in [3.05, 3.63) is 89.3 Å². The van der Waals surface area contributed by atoms with E-state index in [-0.39, 0.29) is 36.7 Å².